The first-order valence-corrected chi connectivity index (χ1v) is 7.49. The Hall–Kier alpha value is -1.59. The zero-order valence-corrected chi connectivity index (χ0v) is 13.8. The average molecular weight is 370 g/mol. The summed E-state index contributed by atoms with van der Waals surface area (Å²) in [5.41, 5.74) is 0.369. The molecule has 0 aliphatic carbocycles. The highest BCUT2D eigenvalue weighted by Gasteiger charge is 2.16. The number of aromatic nitrogens is 1. The molecule has 0 N–H and O–H groups in total. The second-order valence-corrected chi connectivity index (χ2v) is 5.65. The molecule has 0 bridgehead atoms. The van der Waals surface area contributed by atoms with E-state index in [1.54, 1.807) is 24.2 Å². The maximum Gasteiger partial charge on any atom is 0.256 e. The molecule has 0 radical (unpaired) electrons. The fourth-order valence-electron chi connectivity index (χ4n) is 1.70. The van der Waals surface area contributed by atoms with Crippen LogP contribution in [0.15, 0.2) is 47.1 Å². The Morgan fingerprint density at radius 3 is 2.81 bits per heavy atom. The predicted octanol–water partition coefficient (Wildman–Crippen LogP) is 3.65. The summed E-state index contributed by atoms with van der Waals surface area (Å²) in [6, 6.07) is 11.1. The van der Waals surface area contributed by atoms with Crippen molar-refractivity contribution < 1.29 is 9.53 Å². The van der Waals surface area contributed by atoms with Gasteiger partial charge in [-0.15, -0.1) is 0 Å². The number of halogens is 2. The number of hydrogen-bond donors (Lipinski definition) is 0. The third-order valence-electron chi connectivity index (χ3n) is 2.82. The predicted molar refractivity (Wildman–Crippen MR) is 85.8 cm³/mol. The summed E-state index contributed by atoms with van der Waals surface area (Å²) in [6.07, 6.45) is 1.55. The molecule has 0 saturated carbocycles. The van der Waals surface area contributed by atoms with E-state index in [2.05, 4.69) is 20.9 Å². The largest absolute Gasteiger partial charge is 0.492 e. The lowest BCUT2D eigenvalue weighted by molar-refractivity contribution is 0.0773. The fraction of sp³-hybridized carbons (Fsp3) is 0.200. The topological polar surface area (TPSA) is 42.4 Å². The van der Waals surface area contributed by atoms with Gasteiger partial charge < -0.3 is 9.64 Å². The van der Waals surface area contributed by atoms with Crippen molar-refractivity contribution in [2.45, 2.75) is 0 Å². The number of likely N-dealkylation sites (N-methyl/N-ethyl adjacent to an activating group) is 1. The molecule has 1 aromatic carbocycles. The lowest BCUT2D eigenvalue weighted by Crippen LogP contribution is -2.31. The molecule has 0 aliphatic rings. The van der Waals surface area contributed by atoms with E-state index in [-0.39, 0.29) is 11.1 Å². The molecule has 2 aromatic rings. The standard InChI is InChI=1S/C15H14BrClN2O2/c1-19(7-8-21-12-5-3-2-4-6-12)15(20)13-9-11(16)10-18-14(13)17/h2-6,9-10H,7-8H2,1H3. The van der Waals surface area contributed by atoms with Crippen LogP contribution in [-0.4, -0.2) is 36.0 Å². The van der Waals surface area contributed by atoms with Crippen molar-refractivity contribution in [1.29, 1.82) is 0 Å². The van der Waals surface area contributed by atoms with Crippen LogP contribution in [0.3, 0.4) is 0 Å². The minimum absolute atomic E-state index is 0.189. The van der Waals surface area contributed by atoms with Crippen molar-refractivity contribution in [3.8, 4) is 5.75 Å². The lowest BCUT2D eigenvalue weighted by Gasteiger charge is -2.18. The number of carbonyl (C=O) groups is 1. The molecule has 2 rings (SSSR count). The second kappa shape index (κ2) is 7.43. The molecule has 0 aliphatic heterocycles. The minimum Gasteiger partial charge on any atom is -0.492 e. The molecule has 21 heavy (non-hydrogen) atoms. The van der Waals surface area contributed by atoms with E-state index in [0.717, 1.165) is 5.75 Å². The summed E-state index contributed by atoms with van der Waals surface area (Å²) in [4.78, 5) is 17.8. The first-order chi connectivity index (χ1) is 10.1. The van der Waals surface area contributed by atoms with Gasteiger partial charge in [-0.1, -0.05) is 29.8 Å². The number of hydrogen-bond acceptors (Lipinski definition) is 3. The average Bonchev–Trinajstić information content (AvgIpc) is 2.50. The van der Waals surface area contributed by atoms with Crippen LogP contribution in [0, 0.1) is 0 Å². The van der Waals surface area contributed by atoms with Gasteiger partial charge >= 0.3 is 0 Å². The Kier molecular flexibility index (Phi) is 5.59. The number of benzene rings is 1. The van der Waals surface area contributed by atoms with Crippen LogP contribution in [-0.2, 0) is 0 Å². The third kappa shape index (κ3) is 4.44. The summed E-state index contributed by atoms with van der Waals surface area (Å²) < 4.78 is 6.28. The van der Waals surface area contributed by atoms with Gasteiger partial charge in [-0.05, 0) is 34.1 Å². The van der Waals surface area contributed by atoms with Crippen LogP contribution in [0.4, 0.5) is 0 Å². The van der Waals surface area contributed by atoms with Crippen LogP contribution < -0.4 is 4.74 Å². The number of para-hydroxylation sites is 1. The van der Waals surface area contributed by atoms with Gasteiger partial charge in [0.2, 0.25) is 0 Å². The van der Waals surface area contributed by atoms with E-state index in [1.165, 1.54) is 0 Å². The minimum atomic E-state index is -0.189. The van der Waals surface area contributed by atoms with Gasteiger partial charge in [-0.2, -0.15) is 0 Å². The molecular weight excluding hydrogens is 356 g/mol. The van der Waals surface area contributed by atoms with Crippen LogP contribution in [0.1, 0.15) is 10.4 Å². The van der Waals surface area contributed by atoms with Crippen molar-refractivity contribution in [2.75, 3.05) is 20.2 Å². The molecule has 0 fully saturated rings. The van der Waals surface area contributed by atoms with Gasteiger partial charge in [0.25, 0.3) is 5.91 Å². The molecule has 0 unspecified atom stereocenters. The molecule has 0 spiro atoms. The van der Waals surface area contributed by atoms with Gasteiger partial charge in [0.15, 0.2) is 0 Å². The Bertz CT molecular complexity index is 622. The molecule has 6 heteroatoms. The fourth-order valence-corrected chi connectivity index (χ4v) is 2.21. The zero-order chi connectivity index (χ0) is 15.2. The smallest absolute Gasteiger partial charge is 0.256 e. The van der Waals surface area contributed by atoms with Crippen LogP contribution in [0.2, 0.25) is 5.15 Å². The lowest BCUT2D eigenvalue weighted by atomic mass is 10.2. The van der Waals surface area contributed by atoms with E-state index in [1.807, 2.05) is 30.3 Å². The molecular formula is C15H14BrClN2O2. The SMILES string of the molecule is CN(CCOc1ccccc1)C(=O)c1cc(Br)cnc1Cl. The molecule has 1 amide bonds. The van der Waals surface area contributed by atoms with Crippen LogP contribution in [0.5, 0.6) is 5.75 Å². The quantitative estimate of drug-likeness (QED) is 0.756. The van der Waals surface area contributed by atoms with Gasteiger partial charge in [0, 0.05) is 17.7 Å². The van der Waals surface area contributed by atoms with Crippen molar-refractivity contribution in [3.63, 3.8) is 0 Å². The number of carbonyl (C=O) groups excluding carboxylic acids is 1. The monoisotopic (exact) mass is 368 g/mol. The van der Waals surface area contributed by atoms with Crippen molar-refractivity contribution in [1.82, 2.24) is 9.88 Å². The highest BCUT2D eigenvalue weighted by molar-refractivity contribution is 9.10. The molecule has 0 saturated heterocycles. The Balaban J connectivity index is 1.92. The van der Waals surface area contributed by atoms with Gasteiger partial charge in [0.05, 0.1) is 12.1 Å². The number of pyridine rings is 1. The maximum atomic E-state index is 12.3. The Morgan fingerprint density at radius 1 is 1.38 bits per heavy atom. The summed E-state index contributed by atoms with van der Waals surface area (Å²) >= 11 is 9.23. The summed E-state index contributed by atoms with van der Waals surface area (Å²) in [5.74, 6) is 0.589. The second-order valence-electron chi connectivity index (χ2n) is 4.38. The normalized spacial score (nSPS) is 10.2. The summed E-state index contributed by atoms with van der Waals surface area (Å²) in [7, 11) is 1.70. The number of amides is 1. The summed E-state index contributed by atoms with van der Waals surface area (Å²) in [5, 5.41) is 0.194. The van der Waals surface area contributed by atoms with Gasteiger partial charge in [-0.3, -0.25) is 4.79 Å². The van der Waals surface area contributed by atoms with E-state index in [4.69, 9.17) is 16.3 Å². The Labute approximate surface area is 136 Å². The highest BCUT2D eigenvalue weighted by Crippen LogP contribution is 2.19. The van der Waals surface area contributed by atoms with Gasteiger partial charge in [-0.25, -0.2) is 4.98 Å². The van der Waals surface area contributed by atoms with E-state index in [9.17, 15) is 4.79 Å². The number of rotatable bonds is 5. The molecule has 110 valence electrons. The van der Waals surface area contributed by atoms with E-state index >= 15 is 0 Å². The molecule has 1 heterocycles. The van der Waals surface area contributed by atoms with Crippen molar-refractivity contribution in [2.24, 2.45) is 0 Å². The maximum absolute atomic E-state index is 12.3. The summed E-state index contributed by atoms with van der Waals surface area (Å²) in [6.45, 7) is 0.863. The molecule has 1 aromatic heterocycles. The highest BCUT2D eigenvalue weighted by atomic mass is 79.9. The number of ether oxygens (including phenoxy) is 1. The van der Waals surface area contributed by atoms with Gasteiger partial charge in [0.1, 0.15) is 17.5 Å². The van der Waals surface area contributed by atoms with E-state index < -0.39 is 0 Å². The van der Waals surface area contributed by atoms with E-state index in [0.29, 0.717) is 23.2 Å². The zero-order valence-electron chi connectivity index (χ0n) is 11.4. The molecule has 4 nitrogen and oxygen atoms in total. The van der Waals surface area contributed by atoms with Crippen molar-refractivity contribution in [3.05, 3.63) is 57.8 Å². The number of nitrogens with zero attached hydrogens (tertiary/aromatic N) is 2. The first-order valence-electron chi connectivity index (χ1n) is 6.32. The third-order valence-corrected chi connectivity index (χ3v) is 3.56. The Morgan fingerprint density at radius 2 is 2.10 bits per heavy atom. The van der Waals surface area contributed by atoms with Crippen LogP contribution in [0.25, 0.3) is 0 Å². The van der Waals surface area contributed by atoms with Crippen LogP contribution >= 0.6 is 27.5 Å². The first kappa shape index (κ1) is 15.8. The van der Waals surface area contributed by atoms with Crippen molar-refractivity contribution >= 4 is 33.4 Å². The molecule has 0 atom stereocenters.